The first-order chi connectivity index (χ1) is 13.0. The fourth-order valence-electron chi connectivity index (χ4n) is 4.65. The largest absolute Gasteiger partial charge is 0.299 e. The molecule has 2 saturated heterocycles. The van der Waals surface area contributed by atoms with E-state index in [0.29, 0.717) is 12.1 Å². The number of fused-ring (bicyclic) bond motifs is 2. The molecule has 142 valence electrons. The van der Waals surface area contributed by atoms with E-state index in [4.69, 9.17) is 0 Å². The Morgan fingerprint density at radius 1 is 0.926 bits per heavy atom. The number of ketones is 1. The highest BCUT2D eigenvalue weighted by molar-refractivity contribution is 5.83. The maximum atomic E-state index is 13.4. The van der Waals surface area contributed by atoms with Crippen LogP contribution in [0.4, 0.5) is 13.2 Å². The second-order valence-corrected chi connectivity index (χ2v) is 7.73. The van der Waals surface area contributed by atoms with Crippen LogP contribution in [-0.4, -0.2) is 22.8 Å². The van der Waals surface area contributed by atoms with Gasteiger partial charge in [-0.3, -0.25) is 9.69 Å². The number of nitrogens with zero attached hydrogens (tertiary/aromatic N) is 1. The number of carbonyl (C=O) groups is 1. The summed E-state index contributed by atoms with van der Waals surface area (Å²) in [6, 6.07) is 12.9. The van der Waals surface area contributed by atoms with E-state index >= 15 is 0 Å². The highest BCUT2D eigenvalue weighted by Gasteiger charge is 2.42. The van der Waals surface area contributed by atoms with Crippen molar-refractivity contribution in [1.82, 2.24) is 4.90 Å². The van der Waals surface area contributed by atoms with Crippen LogP contribution in [0.2, 0.25) is 0 Å². The summed E-state index contributed by atoms with van der Waals surface area (Å²) in [5.41, 5.74) is 1.48. The van der Waals surface area contributed by atoms with E-state index < -0.39 is 17.5 Å². The Kier molecular flexibility index (Phi) is 5.04. The second kappa shape index (κ2) is 7.47. The predicted octanol–water partition coefficient (Wildman–Crippen LogP) is 4.66. The molecule has 2 unspecified atom stereocenters. The van der Waals surface area contributed by atoms with Gasteiger partial charge in [0.1, 0.15) is 5.78 Å². The number of carbonyl (C=O) groups excluding carboxylic acids is 1. The summed E-state index contributed by atoms with van der Waals surface area (Å²) in [6.45, 7) is 0.894. The van der Waals surface area contributed by atoms with Crippen LogP contribution in [0.5, 0.6) is 0 Å². The fourth-order valence-corrected chi connectivity index (χ4v) is 4.65. The molecule has 2 aliphatic rings. The molecule has 2 aliphatic heterocycles. The lowest BCUT2D eigenvalue weighted by Crippen LogP contribution is -2.44. The van der Waals surface area contributed by atoms with Crippen molar-refractivity contribution in [3.8, 4) is 0 Å². The molecule has 2 atom stereocenters. The third-order valence-electron chi connectivity index (χ3n) is 5.97. The number of hydrogen-bond donors (Lipinski definition) is 0. The molecule has 2 heterocycles. The van der Waals surface area contributed by atoms with Gasteiger partial charge < -0.3 is 0 Å². The van der Waals surface area contributed by atoms with Crippen LogP contribution in [0.15, 0.2) is 42.5 Å². The van der Waals surface area contributed by atoms with Gasteiger partial charge in [-0.25, -0.2) is 13.2 Å². The van der Waals surface area contributed by atoms with E-state index in [1.807, 2.05) is 18.2 Å². The molecule has 2 fully saturated rings. The Labute approximate surface area is 157 Å². The van der Waals surface area contributed by atoms with E-state index in [-0.39, 0.29) is 23.7 Å². The van der Waals surface area contributed by atoms with E-state index in [1.54, 1.807) is 0 Å². The Bertz CT molecular complexity index is 802. The molecular weight excluding hydrogens is 351 g/mol. The van der Waals surface area contributed by atoms with Gasteiger partial charge in [0.15, 0.2) is 17.5 Å². The maximum Gasteiger partial charge on any atom is 0.194 e. The molecule has 0 saturated carbocycles. The quantitative estimate of drug-likeness (QED) is 0.711. The topological polar surface area (TPSA) is 20.3 Å². The van der Waals surface area contributed by atoms with Gasteiger partial charge in [-0.2, -0.15) is 0 Å². The third-order valence-corrected chi connectivity index (χ3v) is 5.97. The van der Waals surface area contributed by atoms with Crippen molar-refractivity contribution in [3.05, 3.63) is 71.0 Å². The van der Waals surface area contributed by atoms with Gasteiger partial charge in [-0.05, 0) is 48.9 Å². The zero-order valence-corrected chi connectivity index (χ0v) is 15.0. The van der Waals surface area contributed by atoms with Crippen LogP contribution in [-0.2, 0) is 17.8 Å². The van der Waals surface area contributed by atoms with Gasteiger partial charge in [-0.15, -0.1) is 0 Å². The molecule has 0 aliphatic carbocycles. The van der Waals surface area contributed by atoms with Crippen molar-refractivity contribution < 1.29 is 18.0 Å². The van der Waals surface area contributed by atoms with Gasteiger partial charge >= 0.3 is 0 Å². The minimum absolute atomic E-state index is 0.00308. The number of hydrogen-bond acceptors (Lipinski definition) is 2. The molecule has 0 amide bonds. The van der Waals surface area contributed by atoms with E-state index in [1.165, 1.54) is 5.56 Å². The van der Waals surface area contributed by atoms with Crippen molar-refractivity contribution >= 4 is 5.78 Å². The summed E-state index contributed by atoms with van der Waals surface area (Å²) in [6.07, 6.45) is 3.70. The summed E-state index contributed by atoms with van der Waals surface area (Å²) in [5, 5.41) is 0. The van der Waals surface area contributed by atoms with Gasteiger partial charge in [-0.1, -0.05) is 30.3 Å². The summed E-state index contributed by atoms with van der Waals surface area (Å²) in [7, 11) is 0. The summed E-state index contributed by atoms with van der Waals surface area (Å²) >= 11 is 0. The highest BCUT2D eigenvalue weighted by atomic mass is 19.2. The summed E-state index contributed by atoms with van der Waals surface area (Å²) in [4.78, 5) is 15.2. The van der Waals surface area contributed by atoms with Crippen molar-refractivity contribution in [2.45, 2.75) is 50.7 Å². The minimum Gasteiger partial charge on any atom is -0.299 e. The highest BCUT2D eigenvalue weighted by Crippen LogP contribution is 2.40. The predicted molar refractivity (Wildman–Crippen MR) is 96.5 cm³/mol. The number of benzene rings is 2. The summed E-state index contributed by atoms with van der Waals surface area (Å²) in [5.74, 6) is -4.06. The second-order valence-electron chi connectivity index (χ2n) is 7.73. The van der Waals surface area contributed by atoms with Crippen molar-refractivity contribution in [2.24, 2.45) is 5.92 Å². The number of piperidine rings is 1. The molecular formula is C22H22F3NO. The average molecular weight is 373 g/mol. The van der Waals surface area contributed by atoms with Gasteiger partial charge in [0.25, 0.3) is 0 Å². The molecule has 0 aromatic heterocycles. The molecule has 2 aromatic carbocycles. The molecule has 2 nitrogen and oxygen atoms in total. The zero-order valence-electron chi connectivity index (χ0n) is 15.0. The molecule has 0 spiro atoms. The monoisotopic (exact) mass is 373 g/mol. The van der Waals surface area contributed by atoms with Crippen LogP contribution in [0.1, 0.15) is 36.8 Å². The Balaban J connectivity index is 1.41. The van der Waals surface area contributed by atoms with Crippen molar-refractivity contribution in [1.29, 1.82) is 0 Å². The van der Waals surface area contributed by atoms with E-state index in [9.17, 15) is 18.0 Å². The zero-order chi connectivity index (χ0) is 19.0. The smallest absolute Gasteiger partial charge is 0.194 e. The first-order valence-corrected chi connectivity index (χ1v) is 9.47. The molecule has 0 N–H and O–H groups in total. The number of halogens is 3. The molecule has 0 radical (unpaired) electrons. The minimum atomic E-state index is -1.49. The number of Topliss-reactive ketones (excluding diaryl/α,β-unsaturated/α-hetero) is 1. The van der Waals surface area contributed by atoms with E-state index in [2.05, 4.69) is 17.0 Å². The SMILES string of the molecule is O=C(Cc1cc(F)c(F)c(F)c1)C1CC2CCC(C1)N2Cc1ccccc1. The Morgan fingerprint density at radius 3 is 2.11 bits per heavy atom. The van der Waals surface area contributed by atoms with Gasteiger partial charge in [0, 0.05) is 31.0 Å². The first kappa shape index (κ1) is 18.2. The lowest BCUT2D eigenvalue weighted by molar-refractivity contribution is -0.124. The Morgan fingerprint density at radius 2 is 1.52 bits per heavy atom. The van der Waals surface area contributed by atoms with Crippen molar-refractivity contribution in [3.63, 3.8) is 0 Å². The third kappa shape index (κ3) is 3.79. The maximum absolute atomic E-state index is 13.4. The van der Waals surface area contributed by atoms with Crippen LogP contribution in [0.3, 0.4) is 0 Å². The molecule has 4 rings (SSSR count). The molecule has 2 aromatic rings. The van der Waals surface area contributed by atoms with Gasteiger partial charge in [0.2, 0.25) is 0 Å². The van der Waals surface area contributed by atoms with Crippen LogP contribution >= 0.6 is 0 Å². The molecule has 5 heteroatoms. The van der Waals surface area contributed by atoms with E-state index in [0.717, 1.165) is 44.4 Å². The fraction of sp³-hybridized carbons (Fsp3) is 0.409. The first-order valence-electron chi connectivity index (χ1n) is 9.47. The standard InChI is InChI=1S/C22H22F3NO/c23-19-8-15(9-20(24)22(19)25)10-21(27)16-11-17-6-7-18(12-16)26(17)13-14-4-2-1-3-5-14/h1-5,8-9,16-18H,6-7,10-13H2. The Hall–Kier alpha value is -2.14. The van der Waals surface area contributed by atoms with Crippen LogP contribution < -0.4 is 0 Å². The summed E-state index contributed by atoms with van der Waals surface area (Å²) < 4.78 is 39.9. The van der Waals surface area contributed by atoms with Crippen LogP contribution in [0.25, 0.3) is 0 Å². The van der Waals surface area contributed by atoms with Gasteiger partial charge in [0.05, 0.1) is 0 Å². The molecule has 2 bridgehead atoms. The normalized spacial score (nSPS) is 24.9. The van der Waals surface area contributed by atoms with Crippen LogP contribution in [0, 0.1) is 23.4 Å². The average Bonchev–Trinajstić information content (AvgIpc) is 2.88. The molecule has 27 heavy (non-hydrogen) atoms. The number of rotatable bonds is 5. The lowest BCUT2D eigenvalue weighted by atomic mass is 9.85. The van der Waals surface area contributed by atoms with Crippen molar-refractivity contribution in [2.75, 3.05) is 0 Å². The lowest BCUT2D eigenvalue weighted by Gasteiger charge is -2.38.